The fraction of sp³-hybridized carbons (Fsp3) is 0.600. The molecule has 0 aliphatic carbocycles. The standard InChI is InChI=1S/C18H28N4O2.C2H6/c1-6-21-14-9-8-13(11-19)10-15(14)22(7-2)16(21)12-20-17(23)24-18(3,4)5;1-2/h8-10H,6-7,11-12,19H2,1-5H3;1-2H3/p+1. The number of fused-ring (bicyclic) bond motifs is 1. The molecule has 0 atom stereocenters. The summed E-state index contributed by atoms with van der Waals surface area (Å²) in [5, 5.41) is 2.87. The third kappa shape index (κ3) is 5.21. The number of rotatable bonds is 5. The van der Waals surface area contributed by atoms with Crippen LogP contribution in [0.4, 0.5) is 4.79 Å². The molecule has 6 heteroatoms. The van der Waals surface area contributed by atoms with Crippen molar-refractivity contribution in [2.75, 3.05) is 0 Å². The second kappa shape index (κ2) is 9.57. The first-order valence-electron chi connectivity index (χ1n) is 9.51. The summed E-state index contributed by atoms with van der Waals surface area (Å²) in [5.74, 6) is 1.05. The Morgan fingerprint density at radius 2 is 1.92 bits per heavy atom. The van der Waals surface area contributed by atoms with Crippen LogP contribution in [0.25, 0.3) is 11.0 Å². The van der Waals surface area contributed by atoms with E-state index in [1.807, 2.05) is 34.6 Å². The summed E-state index contributed by atoms with van der Waals surface area (Å²) in [6, 6.07) is 6.28. The molecule has 0 saturated carbocycles. The first-order chi connectivity index (χ1) is 12.3. The zero-order valence-electron chi connectivity index (χ0n) is 17.3. The Morgan fingerprint density at radius 3 is 2.42 bits per heavy atom. The quantitative estimate of drug-likeness (QED) is 0.799. The number of ether oxygens (including phenoxy) is 1. The molecule has 0 aliphatic rings. The minimum absolute atomic E-state index is 0.402. The predicted octanol–water partition coefficient (Wildman–Crippen LogP) is 3.48. The number of hydrogen-bond donors (Lipinski definition) is 2. The number of alkyl carbamates (subject to hydrolysis) is 1. The second-order valence-electron chi connectivity index (χ2n) is 6.79. The number of aryl methyl sites for hydroxylation is 2. The number of nitrogens with zero attached hydrogens (tertiary/aromatic N) is 2. The Morgan fingerprint density at radius 1 is 1.27 bits per heavy atom. The van der Waals surface area contributed by atoms with Crippen molar-refractivity contribution in [3.8, 4) is 0 Å². The number of amides is 1. The van der Waals surface area contributed by atoms with Gasteiger partial charge in [0, 0.05) is 6.54 Å². The van der Waals surface area contributed by atoms with Gasteiger partial charge in [0.05, 0.1) is 13.1 Å². The van der Waals surface area contributed by atoms with Crippen LogP contribution in [0.1, 0.15) is 59.9 Å². The van der Waals surface area contributed by atoms with Gasteiger partial charge in [0.2, 0.25) is 0 Å². The van der Waals surface area contributed by atoms with E-state index in [9.17, 15) is 4.79 Å². The Bertz CT molecular complexity index is 729. The third-order valence-electron chi connectivity index (χ3n) is 3.90. The number of benzene rings is 1. The lowest BCUT2D eigenvalue weighted by Crippen LogP contribution is -2.41. The minimum atomic E-state index is -0.502. The highest BCUT2D eigenvalue weighted by molar-refractivity contribution is 5.73. The molecule has 2 rings (SSSR count). The van der Waals surface area contributed by atoms with Crippen LogP contribution in [0.3, 0.4) is 0 Å². The Hall–Kier alpha value is -2.08. The highest BCUT2D eigenvalue weighted by Crippen LogP contribution is 2.17. The van der Waals surface area contributed by atoms with Crippen molar-refractivity contribution in [2.24, 2.45) is 5.73 Å². The van der Waals surface area contributed by atoms with Gasteiger partial charge >= 0.3 is 6.09 Å². The zero-order chi connectivity index (χ0) is 19.9. The topological polar surface area (TPSA) is 73.2 Å². The summed E-state index contributed by atoms with van der Waals surface area (Å²) in [6.45, 7) is 16.4. The molecule has 0 bridgehead atoms. The molecule has 0 unspecified atom stereocenters. The van der Waals surface area contributed by atoms with E-state index in [0.717, 1.165) is 35.5 Å². The Balaban J connectivity index is 0.00000163. The number of nitrogens with one attached hydrogen (secondary N) is 1. The van der Waals surface area contributed by atoms with Crippen LogP contribution < -0.4 is 15.6 Å². The minimum Gasteiger partial charge on any atom is -0.444 e. The molecule has 0 spiro atoms. The maximum absolute atomic E-state index is 12.0. The zero-order valence-corrected chi connectivity index (χ0v) is 17.3. The van der Waals surface area contributed by atoms with E-state index in [4.69, 9.17) is 10.5 Å². The lowest BCUT2D eigenvalue weighted by Gasteiger charge is -2.19. The summed E-state index contributed by atoms with van der Waals surface area (Å²) in [7, 11) is 0. The van der Waals surface area contributed by atoms with Crippen LogP contribution in [0, 0.1) is 0 Å². The van der Waals surface area contributed by atoms with Crippen molar-refractivity contribution in [1.82, 2.24) is 9.88 Å². The first kappa shape index (κ1) is 22.0. The SMILES string of the molecule is CC.CCn1c(CNC(=O)OC(C)(C)C)[n+](CC)c2ccc(CN)cc21. The van der Waals surface area contributed by atoms with E-state index in [-0.39, 0.29) is 0 Å². The smallest absolute Gasteiger partial charge is 0.408 e. The number of hydrogen-bond acceptors (Lipinski definition) is 3. The average molecular weight is 364 g/mol. The molecule has 1 heterocycles. The molecule has 0 radical (unpaired) electrons. The molecule has 6 nitrogen and oxygen atoms in total. The van der Waals surface area contributed by atoms with Gasteiger partial charge in [-0.2, -0.15) is 0 Å². The molecule has 3 N–H and O–H groups in total. The number of carbonyl (C=O) groups is 1. The molecule has 1 aromatic carbocycles. The number of aromatic nitrogens is 2. The highest BCUT2D eigenvalue weighted by atomic mass is 16.6. The van der Waals surface area contributed by atoms with Gasteiger partial charge in [-0.3, -0.25) is 0 Å². The van der Waals surface area contributed by atoms with Gasteiger partial charge in [0.25, 0.3) is 5.82 Å². The number of carbonyl (C=O) groups excluding carboxylic acids is 1. The maximum Gasteiger partial charge on any atom is 0.408 e. The van der Waals surface area contributed by atoms with Crippen molar-refractivity contribution < 1.29 is 14.1 Å². The summed E-state index contributed by atoms with van der Waals surface area (Å²) >= 11 is 0. The fourth-order valence-corrected chi connectivity index (χ4v) is 2.93. The van der Waals surface area contributed by atoms with Gasteiger partial charge in [-0.1, -0.05) is 19.9 Å². The van der Waals surface area contributed by atoms with Crippen LogP contribution in [0.5, 0.6) is 0 Å². The normalized spacial score (nSPS) is 11.1. The second-order valence-corrected chi connectivity index (χ2v) is 6.79. The molecule has 0 fully saturated rings. The van der Waals surface area contributed by atoms with Crippen molar-refractivity contribution in [3.05, 3.63) is 29.6 Å². The summed E-state index contributed by atoms with van der Waals surface area (Å²) in [6.07, 6.45) is -0.402. The summed E-state index contributed by atoms with van der Waals surface area (Å²) in [5.41, 5.74) is 8.67. The van der Waals surface area contributed by atoms with Crippen LogP contribution in [-0.4, -0.2) is 16.3 Å². The molecule has 0 saturated heterocycles. The molecule has 1 amide bonds. The van der Waals surface area contributed by atoms with Gasteiger partial charge in [0.1, 0.15) is 12.1 Å². The Kier molecular flexibility index (Phi) is 8.08. The van der Waals surface area contributed by atoms with E-state index in [2.05, 4.69) is 46.5 Å². The van der Waals surface area contributed by atoms with Crippen LogP contribution >= 0.6 is 0 Å². The number of imidazole rings is 1. The Labute approximate surface area is 157 Å². The predicted molar refractivity (Wildman–Crippen MR) is 106 cm³/mol. The van der Waals surface area contributed by atoms with E-state index in [0.29, 0.717) is 13.1 Å². The highest BCUT2D eigenvalue weighted by Gasteiger charge is 2.24. The van der Waals surface area contributed by atoms with Gasteiger partial charge in [-0.15, -0.1) is 0 Å². The van der Waals surface area contributed by atoms with Gasteiger partial charge in [0.15, 0.2) is 11.0 Å². The van der Waals surface area contributed by atoms with Crippen molar-refractivity contribution in [2.45, 2.75) is 80.2 Å². The van der Waals surface area contributed by atoms with Crippen molar-refractivity contribution in [3.63, 3.8) is 0 Å². The number of nitrogens with two attached hydrogens (primary N) is 1. The van der Waals surface area contributed by atoms with E-state index < -0.39 is 11.7 Å². The van der Waals surface area contributed by atoms with Crippen LogP contribution in [-0.2, 0) is 30.9 Å². The average Bonchev–Trinajstić information content (AvgIpc) is 2.91. The maximum atomic E-state index is 12.0. The molecular formula is C20H35N4O2+. The molecular weight excluding hydrogens is 328 g/mol. The lowest BCUT2D eigenvalue weighted by molar-refractivity contribution is -0.676. The largest absolute Gasteiger partial charge is 0.444 e. The van der Waals surface area contributed by atoms with Gasteiger partial charge in [-0.05, 0) is 52.3 Å². The molecule has 26 heavy (non-hydrogen) atoms. The van der Waals surface area contributed by atoms with Crippen LogP contribution in [0.15, 0.2) is 18.2 Å². The van der Waals surface area contributed by atoms with E-state index in [1.165, 1.54) is 0 Å². The van der Waals surface area contributed by atoms with Crippen LogP contribution in [0.2, 0.25) is 0 Å². The van der Waals surface area contributed by atoms with E-state index in [1.54, 1.807) is 0 Å². The van der Waals surface area contributed by atoms with Crippen molar-refractivity contribution >= 4 is 17.1 Å². The monoisotopic (exact) mass is 363 g/mol. The summed E-state index contributed by atoms with van der Waals surface area (Å²) in [4.78, 5) is 12.0. The molecule has 0 aliphatic heterocycles. The van der Waals surface area contributed by atoms with E-state index >= 15 is 0 Å². The third-order valence-corrected chi connectivity index (χ3v) is 3.90. The van der Waals surface area contributed by atoms with Gasteiger partial charge in [-0.25, -0.2) is 13.9 Å². The van der Waals surface area contributed by atoms with Gasteiger partial charge < -0.3 is 15.8 Å². The lowest BCUT2D eigenvalue weighted by atomic mass is 10.2. The molecule has 146 valence electrons. The first-order valence-corrected chi connectivity index (χ1v) is 9.51. The summed E-state index contributed by atoms with van der Waals surface area (Å²) < 4.78 is 9.77. The fourth-order valence-electron chi connectivity index (χ4n) is 2.93. The molecule has 1 aromatic heterocycles. The molecule has 2 aromatic rings. The van der Waals surface area contributed by atoms with Crippen molar-refractivity contribution in [1.29, 1.82) is 0 Å².